The van der Waals surface area contributed by atoms with Crippen LogP contribution < -0.4 is 0 Å². The quantitative estimate of drug-likeness (QED) is 0.223. The van der Waals surface area contributed by atoms with E-state index in [1.807, 2.05) is 0 Å². The molecule has 0 heterocycles. The highest BCUT2D eigenvalue weighted by Crippen LogP contribution is 1.99. The molecule has 0 aromatic heterocycles. The van der Waals surface area contributed by atoms with Crippen molar-refractivity contribution in [2.45, 2.75) is 18.3 Å². The first-order valence-corrected chi connectivity index (χ1v) is 3.74. The predicted octanol–water partition coefficient (Wildman–Crippen LogP) is -2.06. The highest BCUT2D eigenvalue weighted by atomic mass is 16.4. The molecule has 0 aliphatic carbocycles. The van der Waals surface area contributed by atoms with Crippen LogP contribution in [0.3, 0.4) is 0 Å². The van der Waals surface area contributed by atoms with Crippen LogP contribution in [0.4, 0.5) is 0 Å². The van der Waals surface area contributed by atoms with Gasteiger partial charge in [-0.05, 0) is 5.53 Å². The summed E-state index contributed by atoms with van der Waals surface area (Å²) >= 11 is 0. The van der Waals surface area contributed by atoms with E-state index in [0.717, 1.165) is 0 Å². The minimum atomic E-state index is -1.89. The van der Waals surface area contributed by atoms with Crippen LogP contribution in [0, 0.1) is 0 Å². The van der Waals surface area contributed by atoms with Gasteiger partial charge in [-0.1, -0.05) is 5.11 Å². The molecule has 0 aliphatic heterocycles. The fraction of sp³-hybridized carbons (Fsp3) is 0.833. The third-order valence-electron chi connectivity index (χ3n) is 1.49. The molecule has 0 aromatic rings. The van der Waals surface area contributed by atoms with E-state index in [1.54, 1.807) is 0 Å². The molecule has 8 heteroatoms. The van der Waals surface area contributed by atoms with E-state index in [2.05, 4.69) is 10.0 Å². The molecule has 0 saturated carbocycles. The van der Waals surface area contributed by atoms with Crippen LogP contribution in [-0.2, 0) is 4.79 Å². The number of carbonyl (C=O) groups excluding carboxylic acids is 1. The van der Waals surface area contributed by atoms with Gasteiger partial charge < -0.3 is 20.4 Å². The van der Waals surface area contributed by atoms with Crippen molar-refractivity contribution < 1.29 is 25.2 Å². The Kier molecular flexibility index (Phi) is 5.77. The van der Waals surface area contributed by atoms with Gasteiger partial charge in [-0.15, -0.1) is 0 Å². The van der Waals surface area contributed by atoms with Gasteiger partial charge in [0.1, 0.15) is 18.3 Å². The molecule has 0 rings (SSSR count). The second kappa shape index (κ2) is 6.30. The summed E-state index contributed by atoms with van der Waals surface area (Å²) in [5, 5.41) is 38.1. The number of nitrogens with zero attached hydrogens (tertiary/aromatic N) is 3. The van der Waals surface area contributed by atoms with Crippen LogP contribution in [0.15, 0.2) is 5.11 Å². The number of rotatable bonds is 6. The van der Waals surface area contributed by atoms with E-state index >= 15 is 0 Å². The van der Waals surface area contributed by atoms with Gasteiger partial charge in [0, 0.05) is 4.91 Å². The number of azide groups is 1. The molecule has 14 heavy (non-hydrogen) atoms. The number of aliphatic hydroxyl groups excluding tert-OH is 4. The fourth-order valence-electron chi connectivity index (χ4n) is 0.690. The lowest BCUT2D eigenvalue weighted by molar-refractivity contribution is -0.142. The van der Waals surface area contributed by atoms with Crippen molar-refractivity contribution in [3.05, 3.63) is 10.4 Å². The van der Waals surface area contributed by atoms with Crippen LogP contribution >= 0.6 is 0 Å². The molecule has 0 bridgehead atoms. The van der Waals surface area contributed by atoms with Crippen molar-refractivity contribution >= 4 is 5.78 Å². The van der Waals surface area contributed by atoms with E-state index < -0.39 is 37.2 Å². The minimum absolute atomic E-state index is 0.523. The van der Waals surface area contributed by atoms with Crippen LogP contribution in [0.1, 0.15) is 0 Å². The molecule has 8 nitrogen and oxygen atoms in total. The minimum Gasteiger partial charge on any atom is -0.394 e. The first-order chi connectivity index (χ1) is 6.54. The smallest absolute Gasteiger partial charge is 0.192 e. The summed E-state index contributed by atoms with van der Waals surface area (Å²) in [5.41, 5.74) is 7.87. The van der Waals surface area contributed by atoms with Crippen LogP contribution in [0.5, 0.6) is 0 Å². The van der Waals surface area contributed by atoms with Gasteiger partial charge in [-0.3, -0.25) is 4.79 Å². The Hall–Kier alpha value is -1.18. The van der Waals surface area contributed by atoms with E-state index in [4.69, 9.17) is 26.0 Å². The van der Waals surface area contributed by atoms with E-state index in [9.17, 15) is 4.79 Å². The van der Waals surface area contributed by atoms with Gasteiger partial charge in [0.2, 0.25) is 0 Å². The lowest BCUT2D eigenvalue weighted by Gasteiger charge is -2.16. The Labute approximate surface area is 79.0 Å². The predicted molar refractivity (Wildman–Crippen MR) is 44.1 cm³/mol. The summed E-state index contributed by atoms with van der Waals surface area (Å²) in [4.78, 5) is 13.3. The van der Waals surface area contributed by atoms with Crippen LogP contribution in [0.25, 0.3) is 10.4 Å². The zero-order chi connectivity index (χ0) is 11.1. The second-order valence-electron chi connectivity index (χ2n) is 2.53. The van der Waals surface area contributed by atoms with Crippen molar-refractivity contribution in [3.8, 4) is 0 Å². The molecular weight excluding hydrogens is 194 g/mol. The average molecular weight is 205 g/mol. The summed E-state index contributed by atoms with van der Waals surface area (Å²) < 4.78 is 0. The van der Waals surface area contributed by atoms with Gasteiger partial charge >= 0.3 is 0 Å². The van der Waals surface area contributed by atoms with Crippen molar-refractivity contribution in [2.24, 2.45) is 5.11 Å². The summed E-state index contributed by atoms with van der Waals surface area (Å²) in [7, 11) is 0. The number of aliphatic hydroxyl groups is 4. The maximum atomic E-state index is 11.0. The van der Waals surface area contributed by atoms with Crippen molar-refractivity contribution in [3.63, 3.8) is 0 Å². The fourth-order valence-corrected chi connectivity index (χ4v) is 0.690. The maximum absolute atomic E-state index is 11.0. The first-order valence-electron chi connectivity index (χ1n) is 3.74. The molecule has 0 radical (unpaired) electrons. The summed E-state index contributed by atoms with van der Waals surface area (Å²) in [6.45, 7) is -1.33. The zero-order valence-electron chi connectivity index (χ0n) is 7.19. The van der Waals surface area contributed by atoms with Crippen LogP contribution in [0.2, 0.25) is 0 Å². The molecule has 0 unspecified atom stereocenters. The molecule has 0 aliphatic rings. The third-order valence-corrected chi connectivity index (χ3v) is 1.49. The summed E-state index contributed by atoms with van der Waals surface area (Å²) in [6.07, 6.45) is -5.21. The molecule has 4 N–H and O–H groups in total. The zero-order valence-corrected chi connectivity index (χ0v) is 7.19. The SMILES string of the molecule is [N-]=[N+]=NC[C@@H](O)C(=O)[C@H](O)[C@H](O)CO. The van der Waals surface area contributed by atoms with Gasteiger partial charge in [0.05, 0.1) is 13.2 Å². The molecule has 0 spiro atoms. The average Bonchev–Trinajstić information content (AvgIpc) is 2.22. The molecule has 0 aromatic carbocycles. The number of carbonyl (C=O) groups is 1. The molecule has 80 valence electrons. The monoisotopic (exact) mass is 205 g/mol. The molecule has 0 fully saturated rings. The lowest BCUT2D eigenvalue weighted by Crippen LogP contribution is -2.43. The van der Waals surface area contributed by atoms with Crippen molar-refractivity contribution in [1.29, 1.82) is 0 Å². The third kappa shape index (κ3) is 3.69. The summed E-state index contributed by atoms with van der Waals surface area (Å²) in [5.74, 6) is -1.10. The highest BCUT2D eigenvalue weighted by molar-refractivity contribution is 5.87. The van der Waals surface area contributed by atoms with Crippen molar-refractivity contribution in [2.75, 3.05) is 13.2 Å². The van der Waals surface area contributed by atoms with Crippen molar-refractivity contribution in [1.82, 2.24) is 0 Å². The van der Waals surface area contributed by atoms with Gasteiger partial charge in [-0.25, -0.2) is 0 Å². The molecule has 0 amide bonds. The van der Waals surface area contributed by atoms with Gasteiger partial charge in [0.15, 0.2) is 5.78 Å². The molecular formula is C6H11N3O5. The van der Waals surface area contributed by atoms with E-state index in [0.29, 0.717) is 0 Å². The van der Waals surface area contributed by atoms with E-state index in [-0.39, 0.29) is 0 Å². The van der Waals surface area contributed by atoms with E-state index in [1.165, 1.54) is 0 Å². The highest BCUT2D eigenvalue weighted by Gasteiger charge is 2.28. The second-order valence-corrected chi connectivity index (χ2v) is 2.53. The number of hydrogen-bond donors (Lipinski definition) is 4. The Morgan fingerprint density at radius 2 is 2.00 bits per heavy atom. The Balaban J connectivity index is 4.23. The molecule has 0 saturated heterocycles. The maximum Gasteiger partial charge on any atom is 0.192 e. The number of hydrogen-bond acceptors (Lipinski definition) is 6. The van der Waals surface area contributed by atoms with Gasteiger partial charge in [0.25, 0.3) is 0 Å². The Morgan fingerprint density at radius 3 is 2.43 bits per heavy atom. The Bertz CT molecular complexity index is 240. The number of Topliss-reactive ketones (excluding diaryl/α,β-unsaturated/α-hetero) is 1. The standard InChI is InChI=1S/C6H11N3O5/c7-9-8-1-3(11)5(13)6(14)4(12)2-10/h3-4,6,10-12,14H,1-2H2/t3-,4-,6-/m1/s1. The van der Waals surface area contributed by atoms with Crippen LogP contribution in [-0.4, -0.2) is 57.7 Å². The largest absolute Gasteiger partial charge is 0.394 e. The number of ketones is 1. The molecule has 3 atom stereocenters. The Morgan fingerprint density at radius 1 is 1.43 bits per heavy atom. The lowest BCUT2D eigenvalue weighted by atomic mass is 10.1. The summed E-state index contributed by atoms with van der Waals surface area (Å²) in [6, 6.07) is 0. The first kappa shape index (κ1) is 12.8. The topological polar surface area (TPSA) is 147 Å². The van der Waals surface area contributed by atoms with Gasteiger partial charge in [-0.2, -0.15) is 0 Å². The normalized spacial score (nSPS) is 16.6.